The molecular formula is C8H6BrNO. The summed E-state index contributed by atoms with van der Waals surface area (Å²) in [4.78, 5) is 0. The van der Waals surface area contributed by atoms with Crippen molar-refractivity contribution in [2.75, 3.05) is 0 Å². The van der Waals surface area contributed by atoms with Crippen LogP contribution < -0.4 is 0 Å². The van der Waals surface area contributed by atoms with Gasteiger partial charge in [-0.3, -0.25) is 0 Å². The summed E-state index contributed by atoms with van der Waals surface area (Å²) in [5, 5.41) is 4.92. The molecule has 0 aliphatic heterocycles. The Morgan fingerprint density at radius 1 is 1.45 bits per heavy atom. The van der Waals surface area contributed by atoms with Crippen molar-refractivity contribution in [2.45, 2.75) is 6.92 Å². The molecule has 0 saturated heterocycles. The molecule has 0 spiro atoms. The smallest absolute Gasteiger partial charge is 0.181 e. The first kappa shape index (κ1) is 6.85. The van der Waals surface area contributed by atoms with Gasteiger partial charge in [-0.25, -0.2) is 0 Å². The molecule has 0 amide bonds. The van der Waals surface area contributed by atoms with Crippen LogP contribution in [0.3, 0.4) is 0 Å². The van der Waals surface area contributed by atoms with Crippen LogP contribution in [0.1, 0.15) is 5.69 Å². The Morgan fingerprint density at radius 2 is 2.27 bits per heavy atom. The fourth-order valence-electron chi connectivity index (χ4n) is 1.05. The number of hydrogen-bond acceptors (Lipinski definition) is 2. The van der Waals surface area contributed by atoms with E-state index >= 15 is 0 Å². The number of rotatable bonds is 0. The molecule has 0 unspecified atom stereocenters. The Morgan fingerprint density at radius 3 is 3.00 bits per heavy atom. The lowest BCUT2D eigenvalue weighted by Gasteiger charge is -1.88. The molecule has 2 aromatic rings. The summed E-state index contributed by atoms with van der Waals surface area (Å²) < 4.78 is 6.04. The van der Waals surface area contributed by atoms with Gasteiger partial charge < -0.3 is 4.52 Å². The molecule has 56 valence electrons. The summed E-state index contributed by atoms with van der Waals surface area (Å²) >= 11 is 3.38. The highest BCUT2D eigenvalue weighted by molar-refractivity contribution is 9.10. The number of para-hydroxylation sites is 1. The van der Waals surface area contributed by atoms with Gasteiger partial charge in [0, 0.05) is 5.39 Å². The number of hydrogen-bond donors (Lipinski definition) is 0. The monoisotopic (exact) mass is 211 g/mol. The maximum absolute atomic E-state index is 5.08. The number of aryl methyl sites for hydroxylation is 1. The standard InChI is InChI=1S/C8H6BrNO/c1-5-6-3-2-4-7(9)8(6)11-10-5/h2-4H,1H3. The molecule has 0 fully saturated rings. The lowest BCUT2D eigenvalue weighted by molar-refractivity contribution is 0.449. The number of fused-ring (bicyclic) bond motifs is 1. The molecule has 0 saturated carbocycles. The van der Waals surface area contributed by atoms with Gasteiger partial charge in [0.05, 0.1) is 10.2 Å². The minimum absolute atomic E-state index is 0.824. The molecule has 0 aliphatic rings. The van der Waals surface area contributed by atoms with Crippen LogP contribution in [0.2, 0.25) is 0 Å². The molecule has 1 heterocycles. The second-order valence-electron chi connectivity index (χ2n) is 2.38. The predicted molar refractivity (Wildman–Crippen MR) is 46.4 cm³/mol. The van der Waals surface area contributed by atoms with Crippen molar-refractivity contribution in [1.82, 2.24) is 5.16 Å². The number of nitrogens with zero attached hydrogens (tertiary/aromatic N) is 1. The van der Waals surface area contributed by atoms with Crippen LogP contribution in [0.4, 0.5) is 0 Å². The zero-order valence-electron chi connectivity index (χ0n) is 5.97. The fraction of sp³-hybridized carbons (Fsp3) is 0.125. The Balaban J connectivity index is 2.94. The third-order valence-corrected chi connectivity index (χ3v) is 2.26. The number of halogens is 1. The van der Waals surface area contributed by atoms with Crippen LogP contribution >= 0.6 is 15.9 Å². The molecule has 1 aromatic heterocycles. The van der Waals surface area contributed by atoms with Gasteiger partial charge in [0.2, 0.25) is 0 Å². The summed E-state index contributed by atoms with van der Waals surface area (Å²) in [6.45, 7) is 1.93. The molecule has 0 N–H and O–H groups in total. The van der Waals surface area contributed by atoms with Crippen molar-refractivity contribution in [3.8, 4) is 0 Å². The average Bonchev–Trinajstić information content (AvgIpc) is 2.35. The summed E-state index contributed by atoms with van der Waals surface area (Å²) in [5.41, 5.74) is 1.76. The van der Waals surface area contributed by atoms with Crippen molar-refractivity contribution in [3.05, 3.63) is 28.4 Å². The van der Waals surface area contributed by atoms with Gasteiger partial charge in [0.1, 0.15) is 0 Å². The van der Waals surface area contributed by atoms with E-state index in [-0.39, 0.29) is 0 Å². The van der Waals surface area contributed by atoms with Gasteiger partial charge in [-0.05, 0) is 35.0 Å². The zero-order chi connectivity index (χ0) is 7.84. The first-order chi connectivity index (χ1) is 5.29. The van der Waals surface area contributed by atoms with E-state index in [0.29, 0.717) is 0 Å². The maximum atomic E-state index is 5.08. The van der Waals surface area contributed by atoms with Crippen LogP contribution in [0.25, 0.3) is 11.0 Å². The van der Waals surface area contributed by atoms with Crippen LogP contribution in [-0.4, -0.2) is 5.16 Å². The maximum Gasteiger partial charge on any atom is 0.181 e. The summed E-state index contributed by atoms with van der Waals surface area (Å²) in [6, 6.07) is 5.90. The molecular weight excluding hydrogens is 206 g/mol. The van der Waals surface area contributed by atoms with Crippen molar-refractivity contribution in [2.24, 2.45) is 0 Å². The third kappa shape index (κ3) is 0.959. The number of aromatic nitrogens is 1. The predicted octanol–water partition coefficient (Wildman–Crippen LogP) is 2.90. The lowest BCUT2D eigenvalue weighted by atomic mass is 10.2. The molecule has 1 aromatic carbocycles. The van der Waals surface area contributed by atoms with Crippen molar-refractivity contribution < 1.29 is 4.52 Å². The highest BCUT2D eigenvalue weighted by Crippen LogP contribution is 2.25. The Labute approximate surface area is 72.3 Å². The first-order valence-electron chi connectivity index (χ1n) is 3.29. The van der Waals surface area contributed by atoms with Crippen molar-refractivity contribution in [1.29, 1.82) is 0 Å². The first-order valence-corrected chi connectivity index (χ1v) is 4.09. The Hall–Kier alpha value is -0.830. The Kier molecular flexibility index (Phi) is 1.46. The molecule has 0 radical (unpaired) electrons. The van der Waals surface area contributed by atoms with Crippen molar-refractivity contribution in [3.63, 3.8) is 0 Å². The van der Waals surface area contributed by atoms with Gasteiger partial charge >= 0.3 is 0 Å². The van der Waals surface area contributed by atoms with E-state index in [2.05, 4.69) is 21.1 Å². The van der Waals surface area contributed by atoms with Gasteiger partial charge in [0.15, 0.2) is 5.58 Å². The van der Waals surface area contributed by atoms with E-state index in [0.717, 1.165) is 21.1 Å². The SMILES string of the molecule is Cc1noc2c(Br)cccc12. The van der Waals surface area contributed by atoms with E-state index < -0.39 is 0 Å². The largest absolute Gasteiger partial charge is 0.355 e. The summed E-state index contributed by atoms with van der Waals surface area (Å²) in [5.74, 6) is 0. The highest BCUT2D eigenvalue weighted by atomic mass is 79.9. The molecule has 2 rings (SSSR count). The highest BCUT2D eigenvalue weighted by Gasteiger charge is 2.05. The Bertz CT molecular complexity index is 394. The summed E-state index contributed by atoms with van der Waals surface area (Å²) in [7, 11) is 0. The minimum Gasteiger partial charge on any atom is -0.355 e. The lowest BCUT2D eigenvalue weighted by Crippen LogP contribution is -1.69. The normalized spacial score (nSPS) is 10.7. The van der Waals surface area contributed by atoms with Gasteiger partial charge in [-0.2, -0.15) is 0 Å². The third-order valence-electron chi connectivity index (χ3n) is 1.63. The second-order valence-corrected chi connectivity index (χ2v) is 3.24. The van der Waals surface area contributed by atoms with E-state index in [1.165, 1.54) is 0 Å². The number of benzene rings is 1. The van der Waals surface area contributed by atoms with Crippen LogP contribution in [0, 0.1) is 6.92 Å². The molecule has 0 aliphatic carbocycles. The van der Waals surface area contributed by atoms with Crippen LogP contribution in [-0.2, 0) is 0 Å². The van der Waals surface area contributed by atoms with Gasteiger partial charge in [0.25, 0.3) is 0 Å². The van der Waals surface area contributed by atoms with Crippen LogP contribution in [0.5, 0.6) is 0 Å². The molecule has 2 nitrogen and oxygen atoms in total. The van der Waals surface area contributed by atoms with Crippen molar-refractivity contribution >= 4 is 26.9 Å². The molecule has 11 heavy (non-hydrogen) atoms. The van der Waals surface area contributed by atoms with E-state index in [1.807, 2.05) is 25.1 Å². The van der Waals surface area contributed by atoms with E-state index in [9.17, 15) is 0 Å². The zero-order valence-corrected chi connectivity index (χ0v) is 7.55. The van der Waals surface area contributed by atoms with Gasteiger partial charge in [-0.15, -0.1) is 0 Å². The quantitative estimate of drug-likeness (QED) is 0.670. The molecule has 0 bridgehead atoms. The molecule has 0 atom stereocenters. The summed E-state index contributed by atoms with van der Waals surface area (Å²) in [6.07, 6.45) is 0. The fourth-order valence-corrected chi connectivity index (χ4v) is 1.49. The van der Waals surface area contributed by atoms with Gasteiger partial charge in [-0.1, -0.05) is 11.2 Å². The second kappa shape index (κ2) is 2.34. The minimum atomic E-state index is 0.824. The molecule has 3 heteroatoms. The van der Waals surface area contributed by atoms with E-state index in [1.54, 1.807) is 0 Å². The van der Waals surface area contributed by atoms with E-state index in [4.69, 9.17) is 4.52 Å². The average molecular weight is 212 g/mol. The van der Waals surface area contributed by atoms with Crippen LogP contribution in [0.15, 0.2) is 27.2 Å². The topological polar surface area (TPSA) is 26.0 Å².